The Hall–Kier alpha value is -1.90. The molecule has 1 atom stereocenters. The van der Waals surface area contributed by atoms with Crippen molar-refractivity contribution in [2.24, 2.45) is 0 Å². The molecular formula is C18H25NO2. The van der Waals surface area contributed by atoms with E-state index in [9.17, 15) is 0 Å². The van der Waals surface area contributed by atoms with Crippen molar-refractivity contribution in [3.8, 4) is 5.75 Å². The minimum Gasteiger partial charge on any atom is -0.495 e. The first kappa shape index (κ1) is 15.5. The van der Waals surface area contributed by atoms with Gasteiger partial charge in [-0.05, 0) is 49.1 Å². The van der Waals surface area contributed by atoms with Crippen LogP contribution in [0.15, 0.2) is 34.7 Å². The number of aryl methyl sites for hydroxylation is 1. The van der Waals surface area contributed by atoms with Gasteiger partial charge in [0.2, 0.25) is 0 Å². The summed E-state index contributed by atoms with van der Waals surface area (Å²) in [6.45, 7) is 10.7. The van der Waals surface area contributed by atoms with Gasteiger partial charge in [0, 0.05) is 0 Å². The molecule has 1 aromatic carbocycles. The van der Waals surface area contributed by atoms with E-state index in [0.717, 1.165) is 23.0 Å². The van der Waals surface area contributed by atoms with Crippen LogP contribution >= 0.6 is 0 Å². The van der Waals surface area contributed by atoms with Crippen molar-refractivity contribution >= 4 is 5.69 Å². The zero-order valence-corrected chi connectivity index (χ0v) is 13.8. The molecule has 0 saturated carbocycles. The van der Waals surface area contributed by atoms with Gasteiger partial charge >= 0.3 is 0 Å². The number of benzene rings is 1. The van der Waals surface area contributed by atoms with Crippen LogP contribution in [-0.2, 0) is 5.41 Å². The Morgan fingerprint density at radius 2 is 1.86 bits per heavy atom. The Balaban J connectivity index is 2.29. The fourth-order valence-electron chi connectivity index (χ4n) is 2.28. The average Bonchev–Trinajstić information content (AvgIpc) is 2.84. The van der Waals surface area contributed by atoms with E-state index in [-0.39, 0.29) is 11.5 Å². The van der Waals surface area contributed by atoms with E-state index in [4.69, 9.17) is 9.15 Å². The SMILES string of the molecule is COc1ccc(C(C)(C)C)cc1NC(C)c1ccc(C)o1. The third-order valence-electron chi connectivity index (χ3n) is 3.63. The number of ether oxygens (including phenoxy) is 1. The largest absolute Gasteiger partial charge is 0.495 e. The summed E-state index contributed by atoms with van der Waals surface area (Å²) < 4.78 is 11.1. The number of nitrogens with one attached hydrogen (secondary N) is 1. The number of furan rings is 1. The highest BCUT2D eigenvalue weighted by atomic mass is 16.5. The molecule has 0 aliphatic heterocycles. The molecule has 3 heteroatoms. The normalized spacial score (nSPS) is 13.0. The minimum atomic E-state index is 0.0859. The second-order valence-corrected chi connectivity index (χ2v) is 6.48. The van der Waals surface area contributed by atoms with E-state index < -0.39 is 0 Å². The summed E-state index contributed by atoms with van der Waals surface area (Å²) >= 11 is 0. The Labute approximate surface area is 127 Å². The number of hydrogen-bond acceptors (Lipinski definition) is 3. The van der Waals surface area contributed by atoms with Gasteiger partial charge < -0.3 is 14.5 Å². The maximum absolute atomic E-state index is 5.69. The molecule has 3 nitrogen and oxygen atoms in total. The summed E-state index contributed by atoms with van der Waals surface area (Å²) in [7, 11) is 1.69. The number of methoxy groups -OCH3 is 1. The highest BCUT2D eigenvalue weighted by Gasteiger charge is 2.17. The first-order valence-electron chi connectivity index (χ1n) is 7.32. The molecule has 1 aromatic heterocycles. The van der Waals surface area contributed by atoms with Crippen LogP contribution in [0.1, 0.15) is 50.8 Å². The van der Waals surface area contributed by atoms with Crippen molar-refractivity contribution in [1.82, 2.24) is 0 Å². The quantitative estimate of drug-likeness (QED) is 0.852. The molecule has 0 radical (unpaired) electrons. The van der Waals surface area contributed by atoms with Crippen molar-refractivity contribution in [3.63, 3.8) is 0 Å². The maximum atomic E-state index is 5.69. The van der Waals surface area contributed by atoms with Gasteiger partial charge in [0.1, 0.15) is 17.3 Å². The van der Waals surface area contributed by atoms with Crippen molar-refractivity contribution in [2.45, 2.75) is 46.1 Å². The smallest absolute Gasteiger partial charge is 0.141 e. The molecular weight excluding hydrogens is 262 g/mol. The van der Waals surface area contributed by atoms with Gasteiger partial charge in [-0.25, -0.2) is 0 Å². The maximum Gasteiger partial charge on any atom is 0.141 e. The Morgan fingerprint density at radius 3 is 2.38 bits per heavy atom. The molecule has 2 aromatic rings. The van der Waals surface area contributed by atoms with Crippen molar-refractivity contribution in [2.75, 3.05) is 12.4 Å². The van der Waals surface area contributed by atoms with Gasteiger partial charge in [-0.1, -0.05) is 26.8 Å². The van der Waals surface area contributed by atoms with Crippen LogP contribution in [0.5, 0.6) is 5.75 Å². The molecule has 1 N–H and O–H groups in total. The summed E-state index contributed by atoms with van der Waals surface area (Å²) in [5, 5.41) is 3.48. The number of anilines is 1. The molecule has 1 heterocycles. The molecule has 0 bridgehead atoms. The lowest BCUT2D eigenvalue weighted by Crippen LogP contribution is -2.13. The molecule has 0 aliphatic rings. The number of rotatable bonds is 4. The van der Waals surface area contributed by atoms with Gasteiger partial charge in [0.05, 0.1) is 18.8 Å². The van der Waals surface area contributed by atoms with Crippen LogP contribution in [0.25, 0.3) is 0 Å². The van der Waals surface area contributed by atoms with E-state index in [1.165, 1.54) is 5.56 Å². The van der Waals surface area contributed by atoms with E-state index in [1.807, 2.05) is 25.1 Å². The first-order chi connectivity index (χ1) is 9.81. The fourth-order valence-corrected chi connectivity index (χ4v) is 2.28. The highest BCUT2D eigenvalue weighted by Crippen LogP contribution is 2.33. The molecule has 0 saturated heterocycles. The zero-order valence-electron chi connectivity index (χ0n) is 13.8. The van der Waals surface area contributed by atoms with Crippen LogP contribution in [-0.4, -0.2) is 7.11 Å². The topological polar surface area (TPSA) is 34.4 Å². The Bertz CT molecular complexity index is 608. The summed E-state index contributed by atoms with van der Waals surface area (Å²) in [5.74, 6) is 2.70. The lowest BCUT2D eigenvalue weighted by Gasteiger charge is -2.22. The minimum absolute atomic E-state index is 0.0859. The third-order valence-corrected chi connectivity index (χ3v) is 3.63. The first-order valence-corrected chi connectivity index (χ1v) is 7.32. The van der Waals surface area contributed by atoms with Gasteiger partial charge in [0.15, 0.2) is 0 Å². The lowest BCUT2D eigenvalue weighted by atomic mass is 9.86. The molecule has 114 valence electrons. The average molecular weight is 287 g/mol. The van der Waals surface area contributed by atoms with Crippen LogP contribution in [0.4, 0.5) is 5.69 Å². The second-order valence-electron chi connectivity index (χ2n) is 6.48. The van der Waals surface area contributed by atoms with Crippen molar-refractivity contribution in [1.29, 1.82) is 0 Å². The van der Waals surface area contributed by atoms with Crippen LogP contribution in [0.3, 0.4) is 0 Å². The van der Waals surface area contributed by atoms with E-state index in [1.54, 1.807) is 7.11 Å². The Morgan fingerprint density at radius 1 is 1.14 bits per heavy atom. The summed E-state index contributed by atoms with van der Waals surface area (Å²) in [6.07, 6.45) is 0. The molecule has 0 spiro atoms. The van der Waals surface area contributed by atoms with Gasteiger partial charge in [-0.2, -0.15) is 0 Å². The summed E-state index contributed by atoms with van der Waals surface area (Å²) in [6, 6.07) is 10.4. The molecule has 0 aliphatic carbocycles. The molecule has 1 unspecified atom stereocenters. The summed E-state index contributed by atoms with van der Waals surface area (Å²) in [5.41, 5.74) is 2.37. The van der Waals surface area contributed by atoms with E-state index in [0.29, 0.717) is 0 Å². The Kier molecular flexibility index (Phi) is 4.31. The van der Waals surface area contributed by atoms with E-state index in [2.05, 4.69) is 45.1 Å². The fraction of sp³-hybridized carbons (Fsp3) is 0.444. The van der Waals surface area contributed by atoms with Gasteiger partial charge in [0.25, 0.3) is 0 Å². The van der Waals surface area contributed by atoms with Gasteiger partial charge in [-0.15, -0.1) is 0 Å². The van der Waals surface area contributed by atoms with Crippen molar-refractivity contribution < 1.29 is 9.15 Å². The standard InChI is InChI=1S/C18H25NO2/c1-12-7-9-16(21-12)13(2)19-15-11-14(18(3,4)5)8-10-17(15)20-6/h7-11,13,19H,1-6H3. The van der Waals surface area contributed by atoms with Crippen LogP contribution in [0, 0.1) is 6.92 Å². The molecule has 0 fully saturated rings. The molecule has 21 heavy (non-hydrogen) atoms. The third kappa shape index (κ3) is 3.60. The number of hydrogen-bond donors (Lipinski definition) is 1. The second kappa shape index (κ2) is 5.84. The predicted molar refractivity (Wildman–Crippen MR) is 87.2 cm³/mol. The molecule has 0 amide bonds. The lowest BCUT2D eigenvalue weighted by molar-refractivity contribution is 0.414. The highest BCUT2D eigenvalue weighted by molar-refractivity contribution is 5.59. The van der Waals surface area contributed by atoms with Crippen LogP contribution < -0.4 is 10.1 Å². The van der Waals surface area contributed by atoms with Gasteiger partial charge in [-0.3, -0.25) is 0 Å². The molecule has 2 rings (SSSR count). The van der Waals surface area contributed by atoms with Crippen LogP contribution in [0.2, 0.25) is 0 Å². The zero-order chi connectivity index (χ0) is 15.6. The van der Waals surface area contributed by atoms with E-state index >= 15 is 0 Å². The van der Waals surface area contributed by atoms with Crippen molar-refractivity contribution in [3.05, 3.63) is 47.4 Å². The summed E-state index contributed by atoms with van der Waals surface area (Å²) in [4.78, 5) is 0. The predicted octanol–water partition coefficient (Wildman–Crippen LogP) is 5.07. The monoisotopic (exact) mass is 287 g/mol.